The van der Waals surface area contributed by atoms with Crippen LogP contribution in [0.3, 0.4) is 0 Å². The molecule has 1 N–H and O–H groups in total. The lowest BCUT2D eigenvalue weighted by atomic mass is 10.0. The van der Waals surface area contributed by atoms with Crippen molar-refractivity contribution in [1.29, 1.82) is 0 Å². The SMILES string of the molecule is C[Si](C)(C)c1cc(C(O)CCCc2ccccc2)co1. The number of benzene rings is 1. The Bertz CT molecular complexity index is 525. The van der Waals surface area contributed by atoms with E-state index in [-0.39, 0.29) is 0 Å². The summed E-state index contributed by atoms with van der Waals surface area (Å²) in [6, 6.07) is 12.5. The van der Waals surface area contributed by atoms with Gasteiger partial charge in [0.15, 0.2) is 0 Å². The molecule has 20 heavy (non-hydrogen) atoms. The van der Waals surface area contributed by atoms with Crippen molar-refractivity contribution >= 4 is 13.5 Å². The van der Waals surface area contributed by atoms with Gasteiger partial charge in [0, 0.05) is 5.56 Å². The van der Waals surface area contributed by atoms with E-state index in [1.54, 1.807) is 6.26 Å². The number of aryl methyl sites for hydroxylation is 1. The summed E-state index contributed by atoms with van der Waals surface area (Å²) < 4.78 is 5.62. The lowest BCUT2D eigenvalue weighted by molar-refractivity contribution is 0.164. The zero-order chi connectivity index (χ0) is 14.6. The highest BCUT2D eigenvalue weighted by molar-refractivity contribution is 6.87. The molecule has 0 spiro atoms. The number of aliphatic hydroxyl groups excluding tert-OH is 1. The maximum atomic E-state index is 10.2. The molecular weight excluding hydrogens is 264 g/mol. The van der Waals surface area contributed by atoms with Crippen LogP contribution in [0.5, 0.6) is 0 Å². The first-order valence-corrected chi connectivity index (χ1v) is 10.8. The molecule has 108 valence electrons. The minimum absolute atomic E-state index is 0.410. The summed E-state index contributed by atoms with van der Waals surface area (Å²) >= 11 is 0. The molecule has 1 heterocycles. The van der Waals surface area contributed by atoms with Crippen LogP contribution in [-0.2, 0) is 6.42 Å². The van der Waals surface area contributed by atoms with E-state index in [0.717, 1.165) is 30.2 Å². The Morgan fingerprint density at radius 1 is 1.15 bits per heavy atom. The predicted octanol–water partition coefficient (Wildman–Crippen LogP) is 3.88. The zero-order valence-corrected chi connectivity index (χ0v) is 13.6. The normalized spacial score (nSPS) is 13.4. The van der Waals surface area contributed by atoms with Gasteiger partial charge in [0.05, 0.1) is 17.8 Å². The van der Waals surface area contributed by atoms with Gasteiger partial charge in [-0.1, -0.05) is 50.0 Å². The lowest BCUT2D eigenvalue weighted by Gasteiger charge is -2.11. The number of hydrogen-bond donors (Lipinski definition) is 1. The monoisotopic (exact) mass is 288 g/mol. The summed E-state index contributed by atoms with van der Waals surface area (Å²) in [5.74, 6) is 0. The van der Waals surface area contributed by atoms with Gasteiger partial charge in [0.1, 0.15) is 8.07 Å². The topological polar surface area (TPSA) is 33.4 Å². The van der Waals surface area contributed by atoms with E-state index in [2.05, 4.69) is 43.9 Å². The Labute approximate surface area is 122 Å². The van der Waals surface area contributed by atoms with Gasteiger partial charge in [0.2, 0.25) is 0 Å². The molecule has 0 saturated carbocycles. The Morgan fingerprint density at radius 2 is 1.85 bits per heavy atom. The average Bonchev–Trinajstić information content (AvgIpc) is 2.89. The molecule has 0 fully saturated rings. The molecule has 0 aliphatic rings. The molecule has 0 saturated heterocycles. The quantitative estimate of drug-likeness (QED) is 0.818. The van der Waals surface area contributed by atoms with Crippen LogP contribution in [0.2, 0.25) is 19.6 Å². The smallest absolute Gasteiger partial charge is 0.123 e. The Balaban J connectivity index is 1.86. The molecule has 0 radical (unpaired) electrons. The molecule has 0 aliphatic carbocycles. The van der Waals surface area contributed by atoms with Gasteiger partial charge in [0.25, 0.3) is 0 Å². The van der Waals surface area contributed by atoms with Crippen molar-refractivity contribution in [1.82, 2.24) is 0 Å². The highest BCUT2D eigenvalue weighted by atomic mass is 28.3. The number of furan rings is 1. The minimum Gasteiger partial charge on any atom is -0.474 e. The van der Waals surface area contributed by atoms with Gasteiger partial charge in [-0.25, -0.2) is 0 Å². The second-order valence-corrected chi connectivity index (χ2v) is 11.4. The van der Waals surface area contributed by atoms with Gasteiger partial charge in [-0.15, -0.1) is 0 Å². The fourth-order valence-corrected chi connectivity index (χ4v) is 3.24. The Hall–Kier alpha value is -1.32. The molecule has 3 heteroatoms. The molecule has 2 nitrogen and oxygen atoms in total. The fraction of sp³-hybridized carbons (Fsp3) is 0.412. The van der Waals surface area contributed by atoms with Crippen molar-refractivity contribution in [3.05, 3.63) is 53.8 Å². The van der Waals surface area contributed by atoms with Crippen LogP contribution in [0.25, 0.3) is 0 Å². The van der Waals surface area contributed by atoms with E-state index < -0.39 is 14.2 Å². The summed E-state index contributed by atoms with van der Waals surface area (Å²) in [5.41, 5.74) is 2.25. The third kappa shape index (κ3) is 4.08. The van der Waals surface area contributed by atoms with Crippen LogP contribution in [0.1, 0.15) is 30.1 Å². The maximum absolute atomic E-state index is 10.2. The van der Waals surface area contributed by atoms with Gasteiger partial charge >= 0.3 is 0 Å². The molecule has 0 aliphatic heterocycles. The third-order valence-corrected chi connectivity index (χ3v) is 5.27. The van der Waals surface area contributed by atoms with Crippen molar-refractivity contribution in [2.24, 2.45) is 0 Å². The van der Waals surface area contributed by atoms with Crippen LogP contribution >= 0.6 is 0 Å². The van der Waals surface area contributed by atoms with Crippen molar-refractivity contribution < 1.29 is 9.52 Å². The summed E-state index contributed by atoms with van der Waals surface area (Å²) in [5, 5.41) is 11.3. The highest BCUT2D eigenvalue weighted by Crippen LogP contribution is 2.20. The first-order chi connectivity index (χ1) is 9.47. The van der Waals surface area contributed by atoms with E-state index >= 15 is 0 Å². The first kappa shape index (κ1) is 15.1. The van der Waals surface area contributed by atoms with E-state index in [0.29, 0.717) is 0 Å². The minimum atomic E-state index is -1.42. The van der Waals surface area contributed by atoms with Crippen LogP contribution in [0, 0.1) is 0 Å². The van der Waals surface area contributed by atoms with Crippen molar-refractivity contribution in [3.8, 4) is 0 Å². The molecule has 2 rings (SSSR count). The van der Waals surface area contributed by atoms with Gasteiger partial charge in [-0.05, 0) is 30.9 Å². The van der Waals surface area contributed by atoms with E-state index in [4.69, 9.17) is 4.42 Å². The molecule has 0 amide bonds. The largest absolute Gasteiger partial charge is 0.474 e. The average molecular weight is 288 g/mol. The molecule has 1 atom stereocenters. The first-order valence-electron chi connectivity index (χ1n) is 7.28. The summed E-state index contributed by atoms with van der Waals surface area (Å²) in [6.07, 6.45) is 4.09. The predicted molar refractivity (Wildman–Crippen MR) is 86.0 cm³/mol. The van der Waals surface area contributed by atoms with Crippen LogP contribution < -0.4 is 5.38 Å². The number of aliphatic hydroxyl groups is 1. The van der Waals surface area contributed by atoms with E-state index in [1.807, 2.05) is 12.1 Å². The zero-order valence-electron chi connectivity index (χ0n) is 12.6. The molecule has 1 aromatic heterocycles. The molecule has 1 aromatic carbocycles. The van der Waals surface area contributed by atoms with Gasteiger partial charge < -0.3 is 9.52 Å². The highest BCUT2D eigenvalue weighted by Gasteiger charge is 2.22. The molecular formula is C17H24O2Si. The Morgan fingerprint density at radius 3 is 2.45 bits per heavy atom. The third-order valence-electron chi connectivity index (χ3n) is 3.53. The van der Waals surface area contributed by atoms with Crippen molar-refractivity contribution in [2.75, 3.05) is 0 Å². The summed E-state index contributed by atoms with van der Waals surface area (Å²) in [4.78, 5) is 0. The summed E-state index contributed by atoms with van der Waals surface area (Å²) in [7, 11) is -1.42. The Kier molecular flexibility index (Phi) is 4.84. The second-order valence-electron chi connectivity index (χ2n) is 6.39. The standard InChI is InChI=1S/C17H24O2Si/c1-20(2,3)17-12-15(13-19-17)16(18)11-7-10-14-8-5-4-6-9-14/h4-6,8-9,12-13,16,18H,7,10-11H2,1-3H3. The van der Waals surface area contributed by atoms with Crippen LogP contribution in [0.4, 0.5) is 0 Å². The fourth-order valence-electron chi connectivity index (χ4n) is 2.23. The second kappa shape index (κ2) is 6.42. The van der Waals surface area contributed by atoms with E-state index in [1.165, 1.54) is 5.56 Å². The molecule has 0 bridgehead atoms. The lowest BCUT2D eigenvalue weighted by Crippen LogP contribution is -2.36. The van der Waals surface area contributed by atoms with E-state index in [9.17, 15) is 5.11 Å². The number of rotatable bonds is 6. The number of hydrogen-bond acceptors (Lipinski definition) is 2. The van der Waals surface area contributed by atoms with Crippen LogP contribution in [-0.4, -0.2) is 13.2 Å². The molecule has 1 unspecified atom stereocenters. The summed E-state index contributed by atoms with van der Waals surface area (Å²) in [6.45, 7) is 6.74. The van der Waals surface area contributed by atoms with Crippen molar-refractivity contribution in [3.63, 3.8) is 0 Å². The maximum Gasteiger partial charge on any atom is 0.123 e. The van der Waals surface area contributed by atoms with Gasteiger partial charge in [-0.3, -0.25) is 0 Å². The van der Waals surface area contributed by atoms with Crippen LogP contribution in [0.15, 0.2) is 47.1 Å². The van der Waals surface area contributed by atoms with Crippen molar-refractivity contribution in [2.45, 2.75) is 45.0 Å². The van der Waals surface area contributed by atoms with Gasteiger partial charge in [-0.2, -0.15) is 0 Å². The molecule has 2 aromatic rings.